The van der Waals surface area contributed by atoms with Crippen LogP contribution in [0, 0.1) is 20.8 Å². The van der Waals surface area contributed by atoms with Crippen molar-refractivity contribution in [3.8, 4) is 0 Å². The lowest BCUT2D eigenvalue weighted by Crippen LogP contribution is -2.32. The van der Waals surface area contributed by atoms with Gasteiger partial charge in [-0.15, -0.1) is 10.2 Å². The number of fused-ring (bicyclic) bond motifs is 1. The molecule has 8 nitrogen and oxygen atoms in total. The van der Waals surface area contributed by atoms with E-state index in [1.165, 1.54) is 9.70 Å². The van der Waals surface area contributed by atoms with E-state index in [4.69, 9.17) is 0 Å². The molecule has 0 unspecified atom stereocenters. The van der Waals surface area contributed by atoms with Gasteiger partial charge in [0, 0.05) is 18.5 Å². The van der Waals surface area contributed by atoms with Crippen molar-refractivity contribution in [2.24, 2.45) is 0 Å². The van der Waals surface area contributed by atoms with Crippen LogP contribution in [0.25, 0.3) is 0 Å². The quantitative estimate of drug-likeness (QED) is 0.463. The van der Waals surface area contributed by atoms with Crippen LogP contribution in [0.2, 0.25) is 0 Å². The standard InChI is InChI=1S/C22H21N5O3/c1-13-10-14(2)20(15(3)11-13)18(28)12-27-24-19(23-25-27)8-9-26-21(29)16-6-4-5-7-17(16)22(26)30/h4-7,10-11H,8-9,12H2,1-3H3. The molecule has 4 rings (SSSR count). The van der Waals surface area contributed by atoms with Crippen molar-refractivity contribution in [2.45, 2.75) is 33.7 Å². The van der Waals surface area contributed by atoms with E-state index in [0.29, 0.717) is 22.5 Å². The third-order valence-corrected chi connectivity index (χ3v) is 5.17. The number of benzene rings is 2. The molecule has 0 radical (unpaired) electrons. The van der Waals surface area contributed by atoms with Crippen molar-refractivity contribution in [3.05, 3.63) is 75.6 Å². The summed E-state index contributed by atoms with van der Waals surface area (Å²) in [5.74, 6) is -0.349. The van der Waals surface area contributed by atoms with Gasteiger partial charge >= 0.3 is 0 Å². The maximum Gasteiger partial charge on any atom is 0.261 e. The van der Waals surface area contributed by atoms with Crippen LogP contribution >= 0.6 is 0 Å². The lowest BCUT2D eigenvalue weighted by Gasteiger charge is -2.11. The SMILES string of the molecule is Cc1cc(C)c(C(=O)Cn2nnc(CCN3C(=O)c4ccccc4C3=O)n2)c(C)c1. The molecule has 2 aromatic carbocycles. The van der Waals surface area contributed by atoms with E-state index >= 15 is 0 Å². The highest BCUT2D eigenvalue weighted by Gasteiger charge is 2.34. The van der Waals surface area contributed by atoms with Crippen LogP contribution in [-0.2, 0) is 13.0 Å². The van der Waals surface area contributed by atoms with Gasteiger partial charge in [0.25, 0.3) is 11.8 Å². The molecule has 3 aromatic rings. The van der Waals surface area contributed by atoms with Gasteiger partial charge in [-0.25, -0.2) is 0 Å². The molecule has 0 spiro atoms. The zero-order valence-electron chi connectivity index (χ0n) is 17.0. The van der Waals surface area contributed by atoms with Gasteiger partial charge in [0.2, 0.25) is 0 Å². The van der Waals surface area contributed by atoms with Gasteiger partial charge in [0.1, 0.15) is 6.54 Å². The lowest BCUT2D eigenvalue weighted by molar-refractivity contribution is 0.0655. The summed E-state index contributed by atoms with van der Waals surface area (Å²) in [6.07, 6.45) is 0.266. The monoisotopic (exact) mass is 403 g/mol. The van der Waals surface area contributed by atoms with Crippen LogP contribution in [0.3, 0.4) is 0 Å². The Bertz CT molecular complexity index is 1120. The summed E-state index contributed by atoms with van der Waals surface area (Å²) in [5.41, 5.74) is 4.44. The molecule has 152 valence electrons. The first kappa shape index (κ1) is 19.6. The topological polar surface area (TPSA) is 98.0 Å². The highest BCUT2D eigenvalue weighted by molar-refractivity contribution is 6.21. The van der Waals surface area contributed by atoms with Crippen molar-refractivity contribution in [1.29, 1.82) is 0 Å². The highest BCUT2D eigenvalue weighted by atomic mass is 16.2. The molecule has 8 heteroatoms. The van der Waals surface area contributed by atoms with Crippen LogP contribution in [0.15, 0.2) is 36.4 Å². The molecule has 0 saturated heterocycles. The van der Waals surface area contributed by atoms with E-state index in [2.05, 4.69) is 15.4 Å². The molecule has 30 heavy (non-hydrogen) atoms. The zero-order valence-corrected chi connectivity index (χ0v) is 17.0. The van der Waals surface area contributed by atoms with Crippen molar-refractivity contribution < 1.29 is 14.4 Å². The first-order valence-electron chi connectivity index (χ1n) is 9.68. The molecule has 1 aliphatic heterocycles. The molecule has 0 fully saturated rings. The second-order valence-electron chi connectivity index (χ2n) is 7.49. The molecule has 0 aliphatic carbocycles. The molecule has 0 atom stereocenters. The normalized spacial score (nSPS) is 13.1. The summed E-state index contributed by atoms with van der Waals surface area (Å²) in [5, 5.41) is 12.1. The number of carbonyl (C=O) groups excluding carboxylic acids is 3. The Balaban J connectivity index is 1.42. The summed E-state index contributed by atoms with van der Waals surface area (Å²) < 4.78 is 0. The Morgan fingerprint density at radius 3 is 2.17 bits per heavy atom. The number of nitrogens with zero attached hydrogens (tertiary/aromatic N) is 5. The maximum atomic E-state index is 12.7. The predicted molar refractivity (Wildman–Crippen MR) is 108 cm³/mol. The number of imide groups is 1. The van der Waals surface area contributed by atoms with Crippen LogP contribution < -0.4 is 0 Å². The zero-order chi connectivity index (χ0) is 21.4. The number of tetrazole rings is 1. The first-order chi connectivity index (χ1) is 14.3. The van der Waals surface area contributed by atoms with Gasteiger partial charge in [-0.3, -0.25) is 19.3 Å². The average Bonchev–Trinajstić information content (AvgIpc) is 3.23. The Morgan fingerprint density at radius 2 is 1.57 bits per heavy atom. The van der Waals surface area contributed by atoms with E-state index in [1.54, 1.807) is 24.3 Å². The Labute approximate surface area is 173 Å². The van der Waals surface area contributed by atoms with Crippen LogP contribution in [-0.4, -0.2) is 49.2 Å². The number of amides is 2. The minimum atomic E-state index is -0.316. The van der Waals surface area contributed by atoms with Crippen molar-refractivity contribution in [3.63, 3.8) is 0 Å². The predicted octanol–water partition coefficient (Wildman–Crippen LogP) is 2.32. The van der Waals surface area contributed by atoms with Crippen molar-refractivity contribution in [2.75, 3.05) is 6.54 Å². The smallest absolute Gasteiger partial charge is 0.261 e. The molecule has 0 saturated carbocycles. The van der Waals surface area contributed by atoms with Gasteiger partial charge in [-0.05, 0) is 49.2 Å². The Morgan fingerprint density at radius 1 is 0.967 bits per heavy atom. The van der Waals surface area contributed by atoms with Crippen molar-refractivity contribution in [1.82, 2.24) is 25.1 Å². The average molecular weight is 403 g/mol. The van der Waals surface area contributed by atoms with Gasteiger partial charge in [0.05, 0.1) is 11.1 Å². The number of aryl methyl sites for hydroxylation is 3. The third kappa shape index (κ3) is 3.52. The number of hydrogen-bond acceptors (Lipinski definition) is 6. The van der Waals surface area contributed by atoms with E-state index in [-0.39, 0.29) is 37.1 Å². The summed E-state index contributed by atoms with van der Waals surface area (Å²) in [4.78, 5) is 40.0. The van der Waals surface area contributed by atoms with Crippen LogP contribution in [0.5, 0.6) is 0 Å². The van der Waals surface area contributed by atoms with Gasteiger partial charge in [-0.2, -0.15) is 4.80 Å². The third-order valence-electron chi connectivity index (χ3n) is 5.17. The molecule has 1 aromatic heterocycles. The minimum Gasteiger partial charge on any atom is -0.292 e. The van der Waals surface area contributed by atoms with Gasteiger partial charge in [0.15, 0.2) is 11.6 Å². The minimum absolute atomic E-state index is 0.0231. The van der Waals surface area contributed by atoms with Crippen LogP contribution in [0.1, 0.15) is 53.6 Å². The van der Waals surface area contributed by atoms with Crippen molar-refractivity contribution >= 4 is 17.6 Å². The fourth-order valence-electron chi connectivity index (χ4n) is 3.92. The summed E-state index contributed by atoms with van der Waals surface area (Å²) >= 11 is 0. The van der Waals surface area contributed by atoms with E-state index in [9.17, 15) is 14.4 Å². The van der Waals surface area contributed by atoms with E-state index in [0.717, 1.165) is 16.7 Å². The first-order valence-corrected chi connectivity index (χ1v) is 9.68. The number of aromatic nitrogens is 4. The number of Topliss-reactive ketones (excluding diaryl/α,β-unsaturated/α-hetero) is 1. The number of hydrogen-bond donors (Lipinski definition) is 0. The molecular weight excluding hydrogens is 382 g/mol. The summed E-state index contributed by atoms with van der Waals surface area (Å²) in [6, 6.07) is 10.7. The van der Waals surface area contributed by atoms with E-state index in [1.807, 2.05) is 32.9 Å². The maximum absolute atomic E-state index is 12.7. The highest BCUT2D eigenvalue weighted by Crippen LogP contribution is 2.22. The second kappa shape index (κ2) is 7.62. The molecule has 2 amide bonds. The van der Waals surface area contributed by atoms with Gasteiger partial charge in [-0.1, -0.05) is 29.8 Å². The number of rotatable bonds is 6. The number of carbonyl (C=O) groups is 3. The lowest BCUT2D eigenvalue weighted by atomic mass is 9.97. The molecule has 2 heterocycles. The Kier molecular flexibility index (Phi) is 4.99. The Hall–Kier alpha value is -3.68. The summed E-state index contributed by atoms with van der Waals surface area (Å²) in [6.45, 7) is 5.95. The largest absolute Gasteiger partial charge is 0.292 e. The second-order valence-corrected chi connectivity index (χ2v) is 7.49. The molecule has 0 bridgehead atoms. The van der Waals surface area contributed by atoms with Crippen LogP contribution in [0.4, 0.5) is 0 Å². The fourth-order valence-corrected chi connectivity index (χ4v) is 3.92. The van der Waals surface area contributed by atoms with Gasteiger partial charge < -0.3 is 0 Å². The molecular formula is C22H21N5O3. The molecule has 1 aliphatic rings. The fraction of sp³-hybridized carbons (Fsp3) is 0.273. The number of ketones is 1. The van der Waals surface area contributed by atoms with E-state index < -0.39 is 0 Å². The summed E-state index contributed by atoms with van der Waals surface area (Å²) in [7, 11) is 0. The molecule has 0 N–H and O–H groups in total.